The van der Waals surface area contributed by atoms with Gasteiger partial charge < -0.3 is 10.4 Å². The molecule has 1 saturated carbocycles. The maximum absolute atomic E-state index is 12.8. The monoisotopic (exact) mass is 277 g/mol. The highest BCUT2D eigenvalue weighted by atomic mass is 19.4. The summed E-state index contributed by atoms with van der Waals surface area (Å²) in [5, 5.41) is 10.4. The summed E-state index contributed by atoms with van der Waals surface area (Å²) in [6.45, 7) is 0.469. The molecule has 2 aliphatic carbocycles. The van der Waals surface area contributed by atoms with Gasteiger partial charge in [-0.15, -0.1) is 0 Å². The van der Waals surface area contributed by atoms with Gasteiger partial charge in [0.1, 0.15) is 0 Å². The first kappa shape index (κ1) is 13.9. The number of alkyl halides is 3. The fourth-order valence-corrected chi connectivity index (χ4v) is 2.67. The molecule has 4 unspecified atom stereocenters. The van der Waals surface area contributed by atoms with E-state index in [0.29, 0.717) is 13.3 Å². The predicted octanol–water partition coefficient (Wildman–Crippen LogP) is 1.72. The summed E-state index contributed by atoms with van der Waals surface area (Å²) in [6, 6.07) is 0. The van der Waals surface area contributed by atoms with E-state index >= 15 is 0 Å². The Hall–Kier alpha value is -1.53. The lowest BCUT2D eigenvalue weighted by atomic mass is 9.91. The van der Waals surface area contributed by atoms with Crippen LogP contribution in [0, 0.1) is 17.8 Å². The Bertz CT molecular complexity index is 446. The van der Waals surface area contributed by atoms with Crippen molar-refractivity contribution in [2.75, 3.05) is 0 Å². The first-order chi connectivity index (χ1) is 8.65. The van der Waals surface area contributed by atoms with Crippen LogP contribution in [0.5, 0.6) is 0 Å². The number of halogens is 3. The lowest BCUT2D eigenvalue weighted by Gasteiger charge is -2.30. The highest BCUT2D eigenvalue weighted by molar-refractivity contribution is 5.89. The van der Waals surface area contributed by atoms with Crippen molar-refractivity contribution in [2.24, 2.45) is 17.8 Å². The van der Waals surface area contributed by atoms with Crippen LogP contribution in [0.2, 0.25) is 0 Å². The Labute approximate surface area is 107 Å². The second-order valence-electron chi connectivity index (χ2n) is 5.30. The number of amides is 1. The molecule has 1 fully saturated rings. The molecule has 0 aliphatic heterocycles. The van der Waals surface area contributed by atoms with Crippen LogP contribution in [0.25, 0.3) is 0 Å². The molecule has 1 amide bonds. The van der Waals surface area contributed by atoms with E-state index in [9.17, 15) is 22.8 Å². The Morgan fingerprint density at radius 3 is 2.26 bits per heavy atom. The third-order valence-electron chi connectivity index (χ3n) is 3.98. The van der Waals surface area contributed by atoms with Crippen molar-refractivity contribution >= 4 is 11.9 Å². The number of carboxylic acids is 1. The maximum Gasteiger partial charge on any atom is 0.422 e. The van der Waals surface area contributed by atoms with Gasteiger partial charge in [-0.3, -0.25) is 4.79 Å². The zero-order valence-corrected chi connectivity index (χ0v) is 10.2. The van der Waals surface area contributed by atoms with Crippen LogP contribution in [0.1, 0.15) is 19.8 Å². The Balaban J connectivity index is 2.13. The maximum atomic E-state index is 12.8. The van der Waals surface area contributed by atoms with Gasteiger partial charge in [-0.1, -0.05) is 12.2 Å². The van der Waals surface area contributed by atoms with Crippen molar-refractivity contribution in [2.45, 2.75) is 31.5 Å². The van der Waals surface area contributed by atoms with Gasteiger partial charge in [0.2, 0.25) is 11.4 Å². The Morgan fingerprint density at radius 1 is 1.26 bits per heavy atom. The minimum absolute atomic E-state index is 0.0729. The van der Waals surface area contributed by atoms with Crippen molar-refractivity contribution in [3.8, 4) is 0 Å². The van der Waals surface area contributed by atoms with Crippen molar-refractivity contribution in [1.82, 2.24) is 5.32 Å². The molecule has 2 bridgehead atoms. The van der Waals surface area contributed by atoms with Crippen molar-refractivity contribution in [1.29, 1.82) is 0 Å². The summed E-state index contributed by atoms with van der Waals surface area (Å²) < 4.78 is 38.3. The second kappa shape index (κ2) is 4.25. The van der Waals surface area contributed by atoms with Crippen LogP contribution < -0.4 is 5.32 Å². The van der Waals surface area contributed by atoms with Crippen LogP contribution in [0.15, 0.2) is 12.2 Å². The fraction of sp³-hybridized carbons (Fsp3) is 0.667. The Kier molecular flexibility index (Phi) is 3.10. The van der Waals surface area contributed by atoms with E-state index < -0.39 is 29.5 Å². The summed E-state index contributed by atoms with van der Waals surface area (Å²) in [4.78, 5) is 22.7. The van der Waals surface area contributed by atoms with E-state index in [1.165, 1.54) is 0 Å². The molecule has 4 nitrogen and oxygen atoms in total. The quantitative estimate of drug-likeness (QED) is 0.772. The molecule has 19 heavy (non-hydrogen) atoms. The molecule has 2 N–H and O–H groups in total. The molecule has 0 saturated heterocycles. The zero-order valence-electron chi connectivity index (χ0n) is 10.2. The normalized spacial score (nSPS) is 32.1. The Morgan fingerprint density at radius 2 is 1.89 bits per heavy atom. The van der Waals surface area contributed by atoms with Gasteiger partial charge in [0.25, 0.3) is 0 Å². The average molecular weight is 277 g/mol. The summed E-state index contributed by atoms with van der Waals surface area (Å²) in [7, 11) is 0. The van der Waals surface area contributed by atoms with Gasteiger partial charge in [-0.2, -0.15) is 13.2 Å². The molecule has 4 atom stereocenters. The second-order valence-corrected chi connectivity index (χ2v) is 5.30. The molecule has 0 aromatic carbocycles. The number of hydrogen-bond donors (Lipinski definition) is 2. The fourth-order valence-electron chi connectivity index (χ4n) is 2.67. The highest BCUT2D eigenvalue weighted by Gasteiger charge is 2.59. The molecule has 0 heterocycles. The average Bonchev–Trinajstić information content (AvgIpc) is 2.88. The van der Waals surface area contributed by atoms with Crippen molar-refractivity contribution < 1.29 is 27.9 Å². The van der Waals surface area contributed by atoms with Crippen LogP contribution in [-0.4, -0.2) is 28.7 Å². The number of nitrogens with one attached hydrogen (secondary N) is 1. The number of carboxylic acid groups (broad SMARTS) is 1. The number of allylic oxidation sites excluding steroid dienone is 2. The van der Waals surface area contributed by atoms with Crippen molar-refractivity contribution in [3.05, 3.63) is 12.2 Å². The first-order valence-corrected chi connectivity index (χ1v) is 5.95. The summed E-state index contributed by atoms with van der Waals surface area (Å²) in [5.41, 5.74) is -3.24. The number of hydrogen-bond acceptors (Lipinski definition) is 2. The van der Waals surface area contributed by atoms with E-state index in [1.54, 1.807) is 5.32 Å². The van der Waals surface area contributed by atoms with Crippen LogP contribution in [0.3, 0.4) is 0 Å². The molecule has 106 valence electrons. The third-order valence-corrected chi connectivity index (χ3v) is 3.98. The minimum Gasteiger partial charge on any atom is -0.479 e. The molecule has 0 radical (unpaired) electrons. The lowest BCUT2D eigenvalue weighted by molar-refractivity contribution is -0.207. The van der Waals surface area contributed by atoms with E-state index in [4.69, 9.17) is 5.11 Å². The molecular formula is C12H14F3NO3. The molecule has 0 aromatic heterocycles. The zero-order chi connectivity index (χ0) is 14.4. The highest BCUT2D eigenvalue weighted by Crippen LogP contribution is 2.44. The third kappa shape index (κ3) is 2.21. The SMILES string of the molecule is CC(NC(=O)C1CC2C=CC1C2)(C(=O)O)C(F)(F)F. The van der Waals surface area contributed by atoms with Crippen LogP contribution >= 0.6 is 0 Å². The summed E-state index contributed by atoms with van der Waals surface area (Å²) in [6.07, 6.45) is -0.0187. The predicted molar refractivity (Wildman–Crippen MR) is 59.1 cm³/mol. The molecule has 7 heteroatoms. The van der Waals surface area contributed by atoms with Crippen LogP contribution in [-0.2, 0) is 9.59 Å². The number of carbonyl (C=O) groups excluding carboxylic acids is 1. The minimum atomic E-state index is -5.04. The van der Waals surface area contributed by atoms with Gasteiger partial charge in [-0.05, 0) is 31.6 Å². The number of rotatable bonds is 3. The van der Waals surface area contributed by atoms with Crippen molar-refractivity contribution in [3.63, 3.8) is 0 Å². The van der Waals surface area contributed by atoms with Gasteiger partial charge in [0, 0.05) is 5.92 Å². The van der Waals surface area contributed by atoms with Gasteiger partial charge >= 0.3 is 12.1 Å². The van der Waals surface area contributed by atoms with Gasteiger partial charge in [-0.25, -0.2) is 4.79 Å². The largest absolute Gasteiger partial charge is 0.479 e. The van der Waals surface area contributed by atoms with E-state index in [-0.39, 0.29) is 11.8 Å². The smallest absolute Gasteiger partial charge is 0.422 e. The molecule has 2 rings (SSSR count). The molecule has 0 aromatic rings. The summed E-state index contributed by atoms with van der Waals surface area (Å²) in [5.74, 6) is -3.35. The number of fused-ring (bicyclic) bond motifs is 2. The standard InChI is InChI=1S/C12H14F3NO3/c1-11(10(18)19,12(13,14)15)16-9(17)8-5-6-2-3-7(8)4-6/h2-3,6-8H,4-5H2,1H3,(H,16,17)(H,18,19). The van der Waals surface area contributed by atoms with E-state index in [1.807, 2.05) is 12.2 Å². The summed E-state index contributed by atoms with van der Waals surface area (Å²) >= 11 is 0. The lowest BCUT2D eigenvalue weighted by Crippen LogP contribution is -2.63. The first-order valence-electron chi connectivity index (χ1n) is 5.95. The van der Waals surface area contributed by atoms with E-state index in [0.717, 1.165) is 6.42 Å². The topological polar surface area (TPSA) is 66.4 Å². The van der Waals surface area contributed by atoms with Gasteiger partial charge in [0.05, 0.1) is 0 Å². The van der Waals surface area contributed by atoms with Crippen LogP contribution in [0.4, 0.5) is 13.2 Å². The molecule has 2 aliphatic rings. The van der Waals surface area contributed by atoms with Gasteiger partial charge in [0.15, 0.2) is 0 Å². The number of carbonyl (C=O) groups is 2. The van der Waals surface area contributed by atoms with E-state index in [2.05, 4.69) is 0 Å². The molecular weight excluding hydrogens is 263 g/mol. The molecule has 0 spiro atoms. The number of aliphatic carboxylic acids is 1.